The molecule has 1 fully saturated rings. The lowest BCUT2D eigenvalue weighted by Gasteiger charge is -2.24. The minimum absolute atomic E-state index is 0.268. The number of benzene rings is 2. The van der Waals surface area contributed by atoms with Crippen LogP contribution in [-0.2, 0) is 11.3 Å². The van der Waals surface area contributed by atoms with Crippen molar-refractivity contribution in [3.8, 4) is 5.75 Å². The molecule has 0 saturated carbocycles. The van der Waals surface area contributed by atoms with E-state index in [0.29, 0.717) is 6.61 Å². The number of hydrogen-bond acceptors (Lipinski definition) is 3. The van der Waals surface area contributed by atoms with Crippen LogP contribution >= 0.6 is 0 Å². The Morgan fingerprint density at radius 2 is 2.00 bits per heavy atom. The van der Waals surface area contributed by atoms with Gasteiger partial charge in [-0.05, 0) is 23.3 Å². The van der Waals surface area contributed by atoms with Crippen LogP contribution in [0.15, 0.2) is 54.6 Å². The van der Waals surface area contributed by atoms with Crippen molar-refractivity contribution >= 4 is 0 Å². The summed E-state index contributed by atoms with van der Waals surface area (Å²) in [6, 6.07) is 18.7. The molecule has 0 aliphatic carbocycles. The van der Waals surface area contributed by atoms with Crippen LogP contribution in [0.5, 0.6) is 5.75 Å². The van der Waals surface area contributed by atoms with Gasteiger partial charge in [0, 0.05) is 6.54 Å². The maximum atomic E-state index is 5.85. The molecule has 20 heavy (non-hydrogen) atoms. The average molecular weight is 269 g/mol. The zero-order chi connectivity index (χ0) is 13.6. The summed E-state index contributed by atoms with van der Waals surface area (Å²) in [5.74, 6) is 0.902. The van der Waals surface area contributed by atoms with Crippen molar-refractivity contribution in [2.45, 2.75) is 12.6 Å². The van der Waals surface area contributed by atoms with Crippen molar-refractivity contribution < 1.29 is 9.47 Å². The molecule has 0 spiro atoms. The third-order valence-corrected chi connectivity index (χ3v) is 3.43. The van der Waals surface area contributed by atoms with Gasteiger partial charge in [-0.1, -0.05) is 42.5 Å². The molecule has 2 aromatic carbocycles. The van der Waals surface area contributed by atoms with Crippen LogP contribution in [0.1, 0.15) is 17.2 Å². The average Bonchev–Trinajstić information content (AvgIpc) is 2.55. The Balaban J connectivity index is 1.65. The van der Waals surface area contributed by atoms with Gasteiger partial charge in [0.2, 0.25) is 0 Å². The van der Waals surface area contributed by atoms with E-state index >= 15 is 0 Å². The van der Waals surface area contributed by atoms with Gasteiger partial charge >= 0.3 is 0 Å². The number of morpholine rings is 1. The van der Waals surface area contributed by atoms with E-state index in [1.165, 1.54) is 11.1 Å². The SMILES string of the molecule is c1ccc(COc2cccc(C3COCCN3)c2)cc1. The van der Waals surface area contributed by atoms with Crippen LogP contribution < -0.4 is 10.1 Å². The fourth-order valence-electron chi connectivity index (χ4n) is 2.34. The van der Waals surface area contributed by atoms with Crippen molar-refractivity contribution in [1.82, 2.24) is 5.32 Å². The fourth-order valence-corrected chi connectivity index (χ4v) is 2.34. The Hall–Kier alpha value is -1.84. The van der Waals surface area contributed by atoms with Gasteiger partial charge in [0.1, 0.15) is 12.4 Å². The van der Waals surface area contributed by atoms with Crippen molar-refractivity contribution in [2.24, 2.45) is 0 Å². The van der Waals surface area contributed by atoms with Gasteiger partial charge in [0.15, 0.2) is 0 Å². The minimum Gasteiger partial charge on any atom is -0.489 e. The highest BCUT2D eigenvalue weighted by Gasteiger charge is 2.15. The lowest BCUT2D eigenvalue weighted by molar-refractivity contribution is 0.0768. The third-order valence-electron chi connectivity index (χ3n) is 3.43. The lowest BCUT2D eigenvalue weighted by Crippen LogP contribution is -2.34. The number of hydrogen-bond donors (Lipinski definition) is 1. The highest BCUT2D eigenvalue weighted by atomic mass is 16.5. The normalized spacial score (nSPS) is 18.7. The summed E-state index contributed by atoms with van der Waals surface area (Å²) in [6.07, 6.45) is 0. The van der Waals surface area contributed by atoms with E-state index in [4.69, 9.17) is 9.47 Å². The smallest absolute Gasteiger partial charge is 0.120 e. The van der Waals surface area contributed by atoms with Gasteiger partial charge in [-0.2, -0.15) is 0 Å². The van der Waals surface area contributed by atoms with Gasteiger partial charge in [-0.25, -0.2) is 0 Å². The van der Waals surface area contributed by atoms with Crippen molar-refractivity contribution in [3.63, 3.8) is 0 Å². The Bertz CT molecular complexity index is 536. The van der Waals surface area contributed by atoms with Gasteiger partial charge in [-0.3, -0.25) is 0 Å². The molecule has 0 radical (unpaired) electrons. The molecule has 0 bridgehead atoms. The minimum atomic E-state index is 0.268. The summed E-state index contributed by atoms with van der Waals surface area (Å²) in [4.78, 5) is 0. The fraction of sp³-hybridized carbons (Fsp3) is 0.294. The van der Waals surface area contributed by atoms with Gasteiger partial charge in [0.05, 0.1) is 19.3 Å². The summed E-state index contributed by atoms with van der Waals surface area (Å²) in [7, 11) is 0. The van der Waals surface area contributed by atoms with E-state index in [1.807, 2.05) is 30.3 Å². The highest BCUT2D eigenvalue weighted by Crippen LogP contribution is 2.21. The van der Waals surface area contributed by atoms with E-state index in [0.717, 1.165) is 25.5 Å². The summed E-state index contributed by atoms with van der Waals surface area (Å²) < 4.78 is 11.4. The Kier molecular flexibility index (Phi) is 4.31. The summed E-state index contributed by atoms with van der Waals surface area (Å²) in [5.41, 5.74) is 2.40. The van der Waals surface area contributed by atoms with Crippen molar-refractivity contribution in [3.05, 3.63) is 65.7 Å². The number of rotatable bonds is 4. The van der Waals surface area contributed by atoms with E-state index in [-0.39, 0.29) is 6.04 Å². The Morgan fingerprint density at radius 1 is 1.10 bits per heavy atom. The second-order valence-corrected chi connectivity index (χ2v) is 4.93. The van der Waals surface area contributed by atoms with Crippen molar-refractivity contribution in [2.75, 3.05) is 19.8 Å². The second-order valence-electron chi connectivity index (χ2n) is 4.93. The standard InChI is InChI=1S/C17H19NO2/c1-2-5-14(6-3-1)12-20-16-8-4-7-15(11-16)17-13-19-10-9-18-17/h1-8,11,17-18H,9-10,12-13H2. The molecule has 1 N–H and O–H groups in total. The van der Waals surface area contributed by atoms with Crippen LogP contribution in [-0.4, -0.2) is 19.8 Å². The first-order valence-electron chi connectivity index (χ1n) is 6.99. The van der Waals surface area contributed by atoms with Crippen LogP contribution in [0.3, 0.4) is 0 Å². The monoisotopic (exact) mass is 269 g/mol. The predicted molar refractivity (Wildman–Crippen MR) is 78.8 cm³/mol. The van der Waals surface area contributed by atoms with Crippen molar-refractivity contribution in [1.29, 1.82) is 0 Å². The summed E-state index contributed by atoms with van der Waals surface area (Å²) >= 11 is 0. The molecule has 1 unspecified atom stereocenters. The van der Waals surface area contributed by atoms with E-state index in [2.05, 4.69) is 29.6 Å². The maximum Gasteiger partial charge on any atom is 0.120 e. The third kappa shape index (κ3) is 3.38. The van der Waals surface area contributed by atoms with Gasteiger partial charge in [-0.15, -0.1) is 0 Å². The lowest BCUT2D eigenvalue weighted by atomic mass is 10.1. The zero-order valence-corrected chi connectivity index (χ0v) is 11.4. The molecule has 1 saturated heterocycles. The van der Waals surface area contributed by atoms with Gasteiger partial charge < -0.3 is 14.8 Å². The Labute approximate surface area is 119 Å². The molecule has 3 heteroatoms. The molecular weight excluding hydrogens is 250 g/mol. The number of nitrogens with one attached hydrogen (secondary N) is 1. The zero-order valence-electron chi connectivity index (χ0n) is 11.4. The maximum absolute atomic E-state index is 5.85. The molecule has 0 aromatic heterocycles. The highest BCUT2D eigenvalue weighted by molar-refractivity contribution is 5.31. The van der Waals surface area contributed by atoms with E-state index in [1.54, 1.807) is 0 Å². The number of ether oxygens (including phenoxy) is 2. The quantitative estimate of drug-likeness (QED) is 0.925. The van der Waals surface area contributed by atoms with Crippen LogP contribution in [0.2, 0.25) is 0 Å². The second kappa shape index (κ2) is 6.55. The van der Waals surface area contributed by atoms with Crippen LogP contribution in [0.25, 0.3) is 0 Å². The topological polar surface area (TPSA) is 30.5 Å². The largest absolute Gasteiger partial charge is 0.489 e. The Morgan fingerprint density at radius 3 is 2.80 bits per heavy atom. The summed E-state index contributed by atoms with van der Waals surface area (Å²) in [5, 5.41) is 3.46. The molecule has 1 aliphatic heterocycles. The van der Waals surface area contributed by atoms with E-state index < -0.39 is 0 Å². The molecule has 1 heterocycles. The molecule has 2 aromatic rings. The van der Waals surface area contributed by atoms with E-state index in [9.17, 15) is 0 Å². The van der Waals surface area contributed by atoms with Crippen LogP contribution in [0, 0.1) is 0 Å². The first kappa shape index (κ1) is 13.2. The molecule has 104 valence electrons. The molecule has 1 aliphatic rings. The first-order valence-corrected chi connectivity index (χ1v) is 6.99. The first-order chi connectivity index (χ1) is 9.92. The predicted octanol–water partition coefficient (Wildman–Crippen LogP) is 2.93. The molecule has 3 nitrogen and oxygen atoms in total. The molecule has 0 amide bonds. The van der Waals surface area contributed by atoms with Crippen LogP contribution in [0.4, 0.5) is 0 Å². The van der Waals surface area contributed by atoms with Gasteiger partial charge in [0.25, 0.3) is 0 Å². The molecule has 3 rings (SSSR count). The molecule has 1 atom stereocenters. The summed E-state index contributed by atoms with van der Waals surface area (Å²) in [6.45, 7) is 3.02. The molecular formula is C17H19NO2.